The molecule has 0 aliphatic rings. The molecule has 0 fully saturated rings. The van der Waals surface area contributed by atoms with Gasteiger partial charge in [-0.05, 0) is 0 Å². The second-order valence-electron chi connectivity index (χ2n) is 4.89. The van der Waals surface area contributed by atoms with Crippen molar-refractivity contribution < 1.29 is 0 Å². The SMILES string of the molecule is [CH2]C#[C][Sn]([CH2]CCC)([CH2]CCC)[CH2]CCC. The minimum atomic E-state index is -2.08. The molecule has 0 aliphatic carbocycles. The van der Waals surface area contributed by atoms with Crippen LogP contribution in [0.1, 0.15) is 59.3 Å². The zero-order valence-electron chi connectivity index (χ0n) is 11.6. The van der Waals surface area contributed by atoms with E-state index in [0.717, 1.165) is 0 Å². The molecule has 0 aliphatic heterocycles. The van der Waals surface area contributed by atoms with E-state index in [1.165, 1.54) is 51.8 Å². The predicted molar refractivity (Wildman–Crippen MR) is 78.0 cm³/mol. The summed E-state index contributed by atoms with van der Waals surface area (Å²) in [4.78, 5) is 0. The summed E-state index contributed by atoms with van der Waals surface area (Å²) in [5.41, 5.74) is 0. The van der Waals surface area contributed by atoms with E-state index in [0.29, 0.717) is 0 Å². The van der Waals surface area contributed by atoms with Crippen molar-refractivity contribution in [1.29, 1.82) is 0 Å². The zero-order chi connectivity index (χ0) is 12.3. The van der Waals surface area contributed by atoms with Crippen LogP contribution in [0.5, 0.6) is 0 Å². The summed E-state index contributed by atoms with van der Waals surface area (Å²) in [6.45, 7) is 10.7. The quantitative estimate of drug-likeness (QED) is 0.402. The van der Waals surface area contributed by atoms with E-state index < -0.39 is 18.4 Å². The molecule has 1 radical (unpaired) electrons. The van der Waals surface area contributed by atoms with E-state index in [9.17, 15) is 0 Å². The van der Waals surface area contributed by atoms with Crippen LogP contribution in [0.25, 0.3) is 0 Å². The fourth-order valence-corrected chi connectivity index (χ4v) is 15.4. The van der Waals surface area contributed by atoms with Crippen LogP contribution in [0.4, 0.5) is 0 Å². The summed E-state index contributed by atoms with van der Waals surface area (Å²) in [6.07, 6.45) is 8.19. The second-order valence-corrected chi connectivity index (χ2v) is 17.2. The van der Waals surface area contributed by atoms with Gasteiger partial charge in [-0.3, -0.25) is 0 Å². The van der Waals surface area contributed by atoms with Gasteiger partial charge in [0.2, 0.25) is 0 Å². The Hall–Kier alpha value is 0.359. The molecule has 0 unspecified atom stereocenters. The molecule has 0 rings (SSSR count). The van der Waals surface area contributed by atoms with Crippen LogP contribution in [-0.2, 0) is 0 Å². The first-order valence-corrected chi connectivity index (χ1v) is 14.5. The van der Waals surface area contributed by atoms with Crippen molar-refractivity contribution >= 4 is 18.4 Å². The molecule has 1 heteroatoms. The fraction of sp³-hybridized carbons (Fsp3) is 0.800. The molecule has 0 nitrogen and oxygen atoms in total. The van der Waals surface area contributed by atoms with Gasteiger partial charge in [0.1, 0.15) is 0 Å². The summed E-state index contributed by atoms with van der Waals surface area (Å²) in [5.74, 6) is 3.03. The molecule has 0 atom stereocenters. The van der Waals surface area contributed by atoms with Gasteiger partial charge in [0.15, 0.2) is 0 Å². The first kappa shape index (κ1) is 16.4. The van der Waals surface area contributed by atoms with Crippen LogP contribution < -0.4 is 0 Å². The Balaban J connectivity index is 4.50. The van der Waals surface area contributed by atoms with Crippen molar-refractivity contribution in [1.82, 2.24) is 0 Å². The van der Waals surface area contributed by atoms with Gasteiger partial charge in [-0.2, -0.15) is 0 Å². The van der Waals surface area contributed by atoms with Crippen LogP contribution in [0.3, 0.4) is 0 Å². The Labute approximate surface area is 107 Å². The zero-order valence-corrected chi connectivity index (χ0v) is 14.4. The van der Waals surface area contributed by atoms with Gasteiger partial charge >= 0.3 is 108 Å². The monoisotopic (exact) mass is 329 g/mol. The Bertz CT molecular complexity index is 187. The molecule has 0 aromatic carbocycles. The molecule has 0 saturated heterocycles. The van der Waals surface area contributed by atoms with Crippen molar-refractivity contribution in [3.05, 3.63) is 6.92 Å². The second kappa shape index (κ2) is 10.5. The molecule has 16 heavy (non-hydrogen) atoms. The van der Waals surface area contributed by atoms with Gasteiger partial charge in [-0.1, -0.05) is 0 Å². The number of unbranched alkanes of at least 4 members (excludes halogenated alkanes) is 3. The average molecular weight is 328 g/mol. The fourth-order valence-electron chi connectivity index (χ4n) is 2.30. The average Bonchev–Trinajstić information content (AvgIpc) is 2.31. The molecular formula is C15H29Sn. The van der Waals surface area contributed by atoms with Gasteiger partial charge < -0.3 is 0 Å². The van der Waals surface area contributed by atoms with Crippen molar-refractivity contribution in [3.63, 3.8) is 0 Å². The van der Waals surface area contributed by atoms with Gasteiger partial charge in [-0.25, -0.2) is 0 Å². The minimum absolute atomic E-state index is 1.33. The first-order valence-electron chi connectivity index (χ1n) is 7.04. The van der Waals surface area contributed by atoms with Crippen LogP contribution in [0.15, 0.2) is 0 Å². The van der Waals surface area contributed by atoms with E-state index >= 15 is 0 Å². The van der Waals surface area contributed by atoms with Crippen LogP contribution >= 0.6 is 0 Å². The molecule has 0 amide bonds. The molecule has 0 aromatic heterocycles. The molecule has 0 heterocycles. The summed E-state index contributed by atoms with van der Waals surface area (Å²) in [7, 11) is 0. The maximum atomic E-state index is 3.79. The molecule has 0 aromatic rings. The normalized spacial score (nSPS) is 11.0. The Morgan fingerprint density at radius 1 is 0.812 bits per heavy atom. The van der Waals surface area contributed by atoms with E-state index in [-0.39, 0.29) is 0 Å². The summed E-state index contributed by atoms with van der Waals surface area (Å²) >= 11 is -2.08. The van der Waals surface area contributed by atoms with Crippen LogP contribution in [-0.4, -0.2) is 18.4 Å². The third kappa shape index (κ3) is 6.84. The van der Waals surface area contributed by atoms with Crippen molar-refractivity contribution in [2.24, 2.45) is 0 Å². The predicted octanol–water partition coefficient (Wildman–Crippen LogP) is 5.21. The van der Waals surface area contributed by atoms with Gasteiger partial charge in [0.05, 0.1) is 0 Å². The third-order valence-corrected chi connectivity index (χ3v) is 16.6. The Morgan fingerprint density at radius 3 is 1.44 bits per heavy atom. The van der Waals surface area contributed by atoms with Crippen LogP contribution in [0.2, 0.25) is 13.3 Å². The third-order valence-electron chi connectivity index (χ3n) is 3.38. The van der Waals surface area contributed by atoms with Gasteiger partial charge in [0, 0.05) is 0 Å². The van der Waals surface area contributed by atoms with E-state index in [2.05, 4.69) is 37.6 Å². The molecule has 0 N–H and O–H groups in total. The Kier molecular flexibility index (Phi) is 10.7. The molecule has 93 valence electrons. The number of hydrogen-bond acceptors (Lipinski definition) is 0. The summed E-state index contributed by atoms with van der Waals surface area (Å²) < 4.78 is 8.09. The first-order chi connectivity index (χ1) is 7.74. The van der Waals surface area contributed by atoms with Gasteiger partial charge in [-0.15, -0.1) is 0 Å². The Morgan fingerprint density at radius 2 is 1.19 bits per heavy atom. The van der Waals surface area contributed by atoms with Crippen molar-refractivity contribution in [2.75, 3.05) is 0 Å². The summed E-state index contributed by atoms with van der Waals surface area (Å²) in [5, 5.41) is 0. The molecule has 0 saturated carbocycles. The van der Waals surface area contributed by atoms with Crippen molar-refractivity contribution in [3.8, 4) is 9.86 Å². The van der Waals surface area contributed by atoms with E-state index in [1.54, 1.807) is 0 Å². The van der Waals surface area contributed by atoms with E-state index in [4.69, 9.17) is 0 Å². The van der Waals surface area contributed by atoms with Crippen LogP contribution in [0, 0.1) is 16.8 Å². The van der Waals surface area contributed by atoms with Crippen molar-refractivity contribution in [2.45, 2.75) is 72.6 Å². The standard InChI is InChI=1S/3C4H9.C3H2.Sn/c3*1-3-4-2;1-3-2;/h3*1,3-4H2,2H3;1H2;. The number of rotatable bonds is 9. The summed E-state index contributed by atoms with van der Waals surface area (Å²) in [6, 6.07) is 0. The van der Waals surface area contributed by atoms with Gasteiger partial charge in [0.25, 0.3) is 0 Å². The molecule has 0 bridgehead atoms. The molecular weight excluding hydrogens is 299 g/mol. The van der Waals surface area contributed by atoms with E-state index in [1.807, 2.05) is 0 Å². The number of hydrogen-bond donors (Lipinski definition) is 0. The molecule has 0 spiro atoms. The topological polar surface area (TPSA) is 0 Å². The maximum absolute atomic E-state index is 3.79.